The van der Waals surface area contributed by atoms with Crippen LogP contribution in [-0.4, -0.2) is 70.2 Å². The molecule has 0 aromatic rings. The lowest BCUT2D eigenvalue weighted by atomic mass is 9.86. The smallest absolute Gasteiger partial charge is 0.225 e. The molecular weight excluding hydrogens is 390 g/mol. The van der Waals surface area contributed by atoms with Crippen LogP contribution in [0.25, 0.3) is 0 Å². The second kappa shape index (κ2) is 11.7. The van der Waals surface area contributed by atoms with Gasteiger partial charge in [-0.25, -0.2) is 13.1 Å². The number of amides is 1. The van der Waals surface area contributed by atoms with Crippen molar-refractivity contribution in [2.75, 3.05) is 39.0 Å². The second-order valence-corrected chi connectivity index (χ2v) is 10.1. The third kappa shape index (κ3) is 7.77. The van der Waals surface area contributed by atoms with E-state index in [9.17, 15) is 13.2 Å². The molecule has 2 rings (SSSR count). The lowest BCUT2D eigenvalue weighted by molar-refractivity contribution is -0.136. The summed E-state index contributed by atoms with van der Waals surface area (Å²) in [5.74, 6) is 1.56. The van der Waals surface area contributed by atoms with Gasteiger partial charge in [-0.15, -0.1) is 0 Å². The fourth-order valence-corrected chi connectivity index (χ4v) is 4.85. The van der Waals surface area contributed by atoms with Crippen molar-refractivity contribution in [2.24, 2.45) is 16.8 Å². The molecule has 1 heterocycles. The van der Waals surface area contributed by atoms with Crippen molar-refractivity contribution in [1.29, 1.82) is 0 Å². The van der Waals surface area contributed by atoms with Crippen LogP contribution in [0.4, 0.5) is 0 Å². The molecule has 0 unspecified atom stereocenters. The van der Waals surface area contributed by atoms with Crippen molar-refractivity contribution >= 4 is 21.9 Å². The Labute approximate surface area is 176 Å². The molecule has 1 aliphatic heterocycles. The van der Waals surface area contributed by atoms with E-state index in [1.807, 2.05) is 4.90 Å². The van der Waals surface area contributed by atoms with Crippen LogP contribution < -0.4 is 15.4 Å². The minimum absolute atomic E-state index is 0.0305. The Balaban J connectivity index is 1.67. The number of aliphatic imine (C=N–C) groups is 1. The molecule has 3 N–H and O–H groups in total. The van der Waals surface area contributed by atoms with Crippen LogP contribution in [-0.2, 0) is 14.8 Å². The standard InChI is InChI=1S/C20H39N5O3S/c1-4-17(5-2)19(26)25-12-9-18(10-13-25)24-20(21-3)22-11-14-29(27,28)23-15-16-7-6-8-16/h16-18,23H,4-15H2,1-3H3,(H2,21,22,24). The van der Waals surface area contributed by atoms with Gasteiger partial charge in [0.05, 0.1) is 5.75 Å². The van der Waals surface area contributed by atoms with E-state index in [2.05, 4.69) is 34.2 Å². The summed E-state index contributed by atoms with van der Waals surface area (Å²) in [6.07, 6.45) is 6.98. The van der Waals surface area contributed by atoms with E-state index in [1.165, 1.54) is 6.42 Å². The molecule has 9 heteroatoms. The average molecular weight is 430 g/mol. The number of nitrogens with zero attached hydrogens (tertiary/aromatic N) is 2. The molecule has 2 fully saturated rings. The first-order chi connectivity index (χ1) is 13.9. The Kier molecular flexibility index (Phi) is 9.68. The SMILES string of the molecule is CCC(CC)C(=O)N1CCC(NC(=NC)NCCS(=O)(=O)NCC2CCC2)CC1. The highest BCUT2D eigenvalue weighted by Crippen LogP contribution is 2.25. The maximum atomic E-state index is 12.5. The Morgan fingerprint density at radius 3 is 2.31 bits per heavy atom. The van der Waals surface area contributed by atoms with Crippen LogP contribution >= 0.6 is 0 Å². The van der Waals surface area contributed by atoms with Crippen LogP contribution in [0.1, 0.15) is 58.8 Å². The first-order valence-electron chi connectivity index (χ1n) is 11.1. The number of hydrogen-bond donors (Lipinski definition) is 3. The largest absolute Gasteiger partial charge is 0.355 e. The predicted molar refractivity (Wildman–Crippen MR) is 117 cm³/mol. The molecule has 8 nitrogen and oxygen atoms in total. The van der Waals surface area contributed by atoms with Crippen molar-refractivity contribution in [3.63, 3.8) is 0 Å². The number of likely N-dealkylation sites (tertiary alicyclic amines) is 1. The molecular formula is C20H39N5O3S. The zero-order valence-corrected chi connectivity index (χ0v) is 19.1. The average Bonchev–Trinajstić information content (AvgIpc) is 2.67. The van der Waals surface area contributed by atoms with Crippen LogP contribution in [0.5, 0.6) is 0 Å². The minimum Gasteiger partial charge on any atom is -0.355 e. The van der Waals surface area contributed by atoms with E-state index in [4.69, 9.17) is 0 Å². The minimum atomic E-state index is -3.26. The molecule has 0 aromatic carbocycles. The number of carbonyl (C=O) groups excluding carboxylic acids is 1. The van der Waals surface area contributed by atoms with Gasteiger partial charge in [0.25, 0.3) is 0 Å². The van der Waals surface area contributed by atoms with Gasteiger partial charge < -0.3 is 15.5 Å². The van der Waals surface area contributed by atoms with E-state index >= 15 is 0 Å². The third-order valence-corrected chi connectivity index (χ3v) is 7.53. The molecule has 0 aromatic heterocycles. The van der Waals surface area contributed by atoms with Crippen LogP contribution in [0.15, 0.2) is 4.99 Å². The van der Waals surface area contributed by atoms with Gasteiger partial charge in [-0.05, 0) is 44.4 Å². The summed E-state index contributed by atoms with van der Waals surface area (Å²) in [5.41, 5.74) is 0. The van der Waals surface area contributed by atoms with Crippen LogP contribution in [0.2, 0.25) is 0 Å². The lowest BCUT2D eigenvalue weighted by Crippen LogP contribution is -2.51. The van der Waals surface area contributed by atoms with E-state index in [0.717, 1.165) is 51.6 Å². The van der Waals surface area contributed by atoms with Gasteiger partial charge in [-0.2, -0.15) is 0 Å². The summed E-state index contributed by atoms with van der Waals surface area (Å²) < 4.78 is 26.9. The molecule has 0 radical (unpaired) electrons. The zero-order valence-electron chi connectivity index (χ0n) is 18.2. The maximum absolute atomic E-state index is 12.5. The van der Waals surface area contributed by atoms with E-state index < -0.39 is 10.0 Å². The molecule has 0 bridgehead atoms. The van der Waals surface area contributed by atoms with Crippen molar-refractivity contribution in [3.05, 3.63) is 0 Å². The Hall–Kier alpha value is -1.35. The monoisotopic (exact) mass is 429 g/mol. The van der Waals surface area contributed by atoms with Gasteiger partial charge in [0, 0.05) is 45.2 Å². The Morgan fingerprint density at radius 1 is 1.14 bits per heavy atom. The lowest BCUT2D eigenvalue weighted by Gasteiger charge is -2.34. The highest BCUT2D eigenvalue weighted by Gasteiger charge is 2.27. The van der Waals surface area contributed by atoms with Gasteiger partial charge in [-0.3, -0.25) is 9.79 Å². The van der Waals surface area contributed by atoms with Gasteiger partial charge in [-0.1, -0.05) is 20.3 Å². The number of carbonyl (C=O) groups is 1. The molecule has 1 saturated carbocycles. The van der Waals surface area contributed by atoms with Crippen LogP contribution in [0, 0.1) is 11.8 Å². The van der Waals surface area contributed by atoms with Gasteiger partial charge in [0.2, 0.25) is 15.9 Å². The number of sulfonamides is 1. The number of guanidine groups is 1. The number of piperidine rings is 1. The molecule has 1 aliphatic carbocycles. The quantitative estimate of drug-likeness (QED) is 0.359. The van der Waals surface area contributed by atoms with E-state index in [0.29, 0.717) is 25.0 Å². The van der Waals surface area contributed by atoms with E-state index in [-0.39, 0.29) is 23.6 Å². The summed E-state index contributed by atoms with van der Waals surface area (Å²) in [6.45, 7) is 6.51. The molecule has 1 saturated heterocycles. The predicted octanol–water partition coefficient (Wildman–Crippen LogP) is 1.30. The van der Waals surface area contributed by atoms with Crippen molar-refractivity contribution in [2.45, 2.75) is 64.8 Å². The van der Waals surface area contributed by atoms with Gasteiger partial charge in [0.1, 0.15) is 0 Å². The molecule has 2 aliphatic rings. The van der Waals surface area contributed by atoms with Gasteiger partial charge >= 0.3 is 0 Å². The molecule has 168 valence electrons. The molecule has 0 spiro atoms. The number of nitrogens with one attached hydrogen (secondary N) is 3. The Bertz CT molecular complexity index is 637. The molecule has 29 heavy (non-hydrogen) atoms. The van der Waals surface area contributed by atoms with E-state index in [1.54, 1.807) is 7.05 Å². The zero-order chi connectivity index (χ0) is 21.3. The van der Waals surface area contributed by atoms with Crippen LogP contribution in [0.3, 0.4) is 0 Å². The second-order valence-electron chi connectivity index (χ2n) is 8.22. The maximum Gasteiger partial charge on any atom is 0.225 e. The van der Waals surface area contributed by atoms with Crippen molar-refractivity contribution in [3.8, 4) is 0 Å². The fourth-order valence-electron chi connectivity index (χ4n) is 3.85. The normalized spacial score (nSPS) is 19.3. The Morgan fingerprint density at radius 2 is 1.79 bits per heavy atom. The highest BCUT2D eigenvalue weighted by molar-refractivity contribution is 7.89. The topological polar surface area (TPSA) is 103 Å². The number of rotatable bonds is 10. The number of hydrogen-bond acceptors (Lipinski definition) is 4. The first-order valence-corrected chi connectivity index (χ1v) is 12.8. The third-order valence-electron chi connectivity index (χ3n) is 6.19. The van der Waals surface area contributed by atoms with Crippen molar-refractivity contribution < 1.29 is 13.2 Å². The van der Waals surface area contributed by atoms with Gasteiger partial charge in [0.15, 0.2) is 5.96 Å². The summed E-state index contributed by atoms with van der Waals surface area (Å²) in [7, 11) is -1.57. The first kappa shape index (κ1) is 23.9. The summed E-state index contributed by atoms with van der Waals surface area (Å²) in [5, 5.41) is 6.46. The summed E-state index contributed by atoms with van der Waals surface area (Å²) in [6, 6.07) is 0.236. The fraction of sp³-hybridized carbons (Fsp3) is 0.900. The molecule has 1 amide bonds. The molecule has 0 atom stereocenters. The summed E-state index contributed by atoms with van der Waals surface area (Å²) >= 11 is 0. The van der Waals surface area contributed by atoms with Crippen molar-refractivity contribution in [1.82, 2.24) is 20.3 Å². The highest BCUT2D eigenvalue weighted by atomic mass is 32.2. The summed E-state index contributed by atoms with van der Waals surface area (Å²) in [4.78, 5) is 18.7.